The lowest BCUT2D eigenvalue weighted by molar-refractivity contribution is -0.0379. The maximum Gasteiger partial charge on any atom is 0.190 e. The SMILES string of the molecule is CC1(C)Cc2c(sc3nc(SCc4ccccc4)nc(SCc4ccc(Cl)cc4Cl)c23)CO1. The van der Waals surface area contributed by atoms with E-state index in [1.807, 2.05) is 18.2 Å². The lowest BCUT2D eigenvalue weighted by atomic mass is 9.95. The van der Waals surface area contributed by atoms with E-state index in [1.165, 1.54) is 21.4 Å². The van der Waals surface area contributed by atoms with Crippen LogP contribution < -0.4 is 0 Å². The Morgan fingerprint density at radius 3 is 2.64 bits per heavy atom. The van der Waals surface area contributed by atoms with Crippen LogP contribution in [0.4, 0.5) is 0 Å². The van der Waals surface area contributed by atoms with Crippen LogP contribution in [-0.4, -0.2) is 15.6 Å². The first kappa shape index (κ1) is 23.5. The first-order valence-electron chi connectivity index (χ1n) is 10.6. The summed E-state index contributed by atoms with van der Waals surface area (Å²) in [6.07, 6.45) is 0.859. The number of nitrogens with zero attached hydrogens (tertiary/aromatic N) is 2. The van der Waals surface area contributed by atoms with Crippen molar-refractivity contribution in [2.24, 2.45) is 0 Å². The van der Waals surface area contributed by atoms with E-state index >= 15 is 0 Å². The number of hydrogen-bond donors (Lipinski definition) is 0. The van der Waals surface area contributed by atoms with Gasteiger partial charge in [-0.3, -0.25) is 0 Å². The molecule has 0 radical (unpaired) electrons. The van der Waals surface area contributed by atoms with Crippen LogP contribution in [0.25, 0.3) is 10.2 Å². The third-order valence-corrected chi connectivity index (χ3v) is 9.10. The fourth-order valence-electron chi connectivity index (χ4n) is 3.77. The highest BCUT2D eigenvalue weighted by molar-refractivity contribution is 7.99. The van der Waals surface area contributed by atoms with Crippen LogP contribution in [0, 0.1) is 0 Å². The van der Waals surface area contributed by atoms with E-state index in [9.17, 15) is 0 Å². The fraction of sp³-hybridized carbons (Fsp3) is 0.280. The van der Waals surface area contributed by atoms with Crippen molar-refractivity contribution in [3.8, 4) is 0 Å². The summed E-state index contributed by atoms with van der Waals surface area (Å²) < 4.78 is 6.07. The number of halogens is 2. The average molecular weight is 534 g/mol. The van der Waals surface area contributed by atoms with Gasteiger partial charge in [0.05, 0.1) is 12.2 Å². The molecule has 170 valence electrons. The molecule has 8 heteroatoms. The van der Waals surface area contributed by atoms with Gasteiger partial charge in [-0.1, -0.05) is 71.4 Å². The molecule has 1 aliphatic rings. The summed E-state index contributed by atoms with van der Waals surface area (Å²) in [5.74, 6) is 1.55. The van der Waals surface area contributed by atoms with Gasteiger partial charge in [0.15, 0.2) is 5.16 Å². The molecule has 3 heterocycles. The molecule has 0 spiro atoms. The third kappa shape index (κ3) is 5.37. The second-order valence-electron chi connectivity index (χ2n) is 8.52. The Morgan fingerprint density at radius 2 is 1.85 bits per heavy atom. The zero-order valence-electron chi connectivity index (χ0n) is 18.2. The number of thioether (sulfide) groups is 2. The molecule has 0 atom stereocenters. The predicted octanol–water partition coefficient (Wildman–Crippen LogP) is 8.43. The van der Waals surface area contributed by atoms with Crippen LogP contribution in [-0.2, 0) is 29.3 Å². The summed E-state index contributed by atoms with van der Waals surface area (Å²) in [5, 5.41) is 4.31. The molecule has 1 aliphatic heterocycles. The number of fused-ring (bicyclic) bond motifs is 3. The van der Waals surface area contributed by atoms with Crippen molar-refractivity contribution in [3.63, 3.8) is 0 Å². The van der Waals surface area contributed by atoms with E-state index in [2.05, 4.69) is 38.1 Å². The first-order chi connectivity index (χ1) is 15.9. The maximum atomic E-state index is 6.45. The standard InChI is InChI=1S/C25H22Cl2N2OS3/c1-25(2)11-18-20(12-30-25)33-23-21(18)22(31-14-16-8-9-17(26)10-19(16)27)28-24(29-23)32-13-15-6-4-3-5-7-15/h3-10H,11-14H2,1-2H3. The van der Waals surface area contributed by atoms with Crippen molar-refractivity contribution in [3.05, 3.63) is 80.1 Å². The van der Waals surface area contributed by atoms with Crippen molar-refractivity contribution in [2.75, 3.05) is 0 Å². The van der Waals surface area contributed by atoms with E-state index < -0.39 is 0 Å². The van der Waals surface area contributed by atoms with Crippen LogP contribution in [0.3, 0.4) is 0 Å². The molecule has 0 amide bonds. The molecule has 0 bridgehead atoms. The fourth-order valence-corrected chi connectivity index (χ4v) is 7.47. The van der Waals surface area contributed by atoms with Gasteiger partial charge in [-0.2, -0.15) is 0 Å². The van der Waals surface area contributed by atoms with Crippen molar-refractivity contribution in [2.45, 2.75) is 54.2 Å². The van der Waals surface area contributed by atoms with Gasteiger partial charge in [-0.15, -0.1) is 23.1 Å². The lowest BCUT2D eigenvalue weighted by Gasteiger charge is -2.30. The second-order valence-corrected chi connectivity index (χ2v) is 12.4. The quantitative estimate of drug-likeness (QED) is 0.141. The smallest absolute Gasteiger partial charge is 0.190 e. The van der Waals surface area contributed by atoms with Crippen LogP contribution in [0.2, 0.25) is 10.0 Å². The van der Waals surface area contributed by atoms with Crippen LogP contribution in [0.1, 0.15) is 35.4 Å². The molecule has 0 fully saturated rings. The van der Waals surface area contributed by atoms with Crippen LogP contribution >= 0.6 is 58.1 Å². The van der Waals surface area contributed by atoms with Gasteiger partial charge in [0, 0.05) is 38.2 Å². The third-order valence-electron chi connectivity index (χ3n) is 5.47. The Labute approximate surface area is 216 Å². The second kappa shape index (κ2) is 9.76. The Balaban J connectivity index is 1.51. The molecule has 0 unspecified atom stereocenters. The molecule has 5 rings (SSSR count). The summed E-state index contributed by atoms with van der Waals surface area (Å²) in [4.78, 5) is 12.3. The summed E-state index contributed by atoms with van der Waals surface area (Å²) in [6, 6.07) is 16.1. The molecule has 0 saturated heterocycles. The highest BCUT2D eigenvalue weighted by Crippen LogP contribution is 2.43. The average Bonchev–Trinajstić information content (AvgIpc) is 3.14. The Bertz CT molecular complexity index is 1310. The lowest BCUT2D eigenvalue weighted by Crippen LogP contribution is -2.31. The molecule has 0 N–H and O–H groups in total. The summed E-state index contributed by atoms with van der Waals surface area (Å²) in [6.45, 7) is 4.92. The zero-order valence-corrected chi connectivity index (χ0v) is 22.2. The van der Waals surface area contributed by atoms with Gasteiger partial charge < -0.3 is 4.74 Å². The predicted molar refractivity (Wildman–Crippen MR) is 142 cm³/mol. The first-order valence-corrected chi connectivity index (χ1v) is 14.1. The molecule has 0 aliphatic carbocycles. The van der Waals surface area contributed by atoms with E-state index in [1.54, 1.807) is 40.9 Å². The van der Waals surface area contributed by atoms with E-state index in [0.717, 1.165) is 38.5 Å². The van der Waals surface area contributed by atoms with Crippen molar-refractivity contribution >= 4 is 68.3 Å². The maximum absolute atomic E-state index is 6.45. The number of ether oxygens (including phenoxy) is 1. The number of hydrogen-bond acceptors (Lipinski definition) is 6. The normalized spacial score (nSPS) is 15.0. The van der Waals surface area contributed by atoms with Crippen LogP contribution in [0.15, 0.2) is 58.7 Å². The number of thiophene rings is 1. The molecular formula is C25H22Cl2N2OS3. The molecule has 2 aromatic heterocycles. The van der Waals surface area contributed by atoms with Crippen LogP contribution in [0.5, 0.6) is 0 Å². The van der Waals surface area contributed by atoms with Gasteiger partial charge >= 0.3 is 0 Å². The zero-order chi connectivity index (χ0) is 23.0. The minimum Gasteiger partial charge on any atom is -0.370 e. The molecule has 3 nitrogen and oxygen atoms in total. The number of benzene rings is 2. The largest absolute Gasteiger partial charge is 0.370 e. The summed E-state index contributed by atoms with van der Waals surface area (Å²) in [5.41, 5.74) is 3.44. The highest BCUT2D eigenvalue weighted by Gasteiger charge is 2.31. The summed E-state index contributed by atoms with van der Waals surface area (Å²) >= 11 is 17.6. The molecule has 33 heavy (non-hydrogen) atoms. The van der Waals surface area contributed by atoms with Gasteiger partial charge in [0.25, 0.3) is 0 Å². The van der Waals surface area contributed by atoms with Gasteiger partial charge in [-0.25, -0.2) is 9.97 Å². The number of aromatic nitrogens is 2. The van der Waals surface area contributed by atoms with Gasteiger partial charge in [-0.05, 0) is 42.7 Å². The Hall–Kier alpha value is -1.28. The number of rotatable bonds is 6. The van der Waals surface area contributed by atoms with Gasteiger partial charge in [0.1, 0.15) is 9.86 Å². The highest BCUT2D eigenvalue weighted by atomic mass is 35.5. The van der Waals surface area contributed by atoms with Crippen molar-refractivity contribution in [1.29, 1.82) is 0 Å². The van der Waals surface area contributed by atoms with Crippen molar-refractivity contribution < 1.29 is 4.74 Å². The van der Waals surface area contributed by atoms with E-state index in [4.69, 9.17) is 37.9 Å². The molecular weight excluding hydrogens is 511 g/mol. The summed E-state index contributed by atoms with van der Waals surface area (Å²) in [7, 11) is 0. The Morgan fingerprint density at radius 1 is 1.03 bits per heavy atom. The minimum atomic E-state index is -0.191. The van der Waals surface area contributed by atoms with E-state index in [0.29, 0.717) is 16.7 Å². The molecule has 4 aromatic rings. The monoisotopic (exact) mass is 532 g/mol. The minimum absolute atomic E-state index is 0.191. The van der Waals surface area contributed by atoms with Crippen molar-refractivity contribution in [1.82, 2.24) is 9.97 Å². The van der Waals surface area contributed by atoms with Gasteiger partial charge in [0.2, 0.25) is 0 Å². The molecule has 2 aromatic carbocycles. The topological polar surface area (TPSA) is 35.0 Å². The molecule has 0 saturated carbocycles. The Kier molecular flexibility index (Phi) is 6.94. The van der Waals surface area contributed by atoms with E-state index in [-0.39, 0.29) is 5.60 Å².